The molecule has 1 aromatic rings. The highest BCUT2D eigenvalue weighted by atomic mass is 35.5. The van der Waals surface area contributed by atoms with Crippen LogP contribution in [0.25, 0.3) is 0 Å². The van der Waals surface area contributed by atoms with Gasteiger partial charge < -0.3 is 10.6 Å². The highest BCUT2D eigenvalue weighted by Gasteiger charge is 2.25. The molecule has 106 valence electrons. The van der Waals surface area contributed by atoms with Crippen molar-refractivity contribution in [2.24, 2.45) is 11.7 Å². The molecule has 1 saturated heterocycles. The van der Waals surface area contributed by atoms with E-state index in [4.69, 9.17) is 5.73 Å². The van der Waals surface area contributed by atoms with Crippen molar-refractivity contribution in [3.63, 3.8) is 0 Å². The van der Waals surface area contributed by atoms with Gasteiger partial charge >= 0.3 is 0 Å². The number of nitrogens with zero attached hydrogens (tertiary/aromatic N) is 1. The highest BCUT2D eigenvalue weighted by Crippen LogP contribution is 2.18. The second-order valence-electron chi connectivity index (χ2n) is 4.62. The smallest absolute Gasteiger partial charge is 0.227 e. The van der Waals surface area contributed by atoms with E-state index in [1.807, 2.05) is 0 Å². The summed E-state index contributed by atoms with van der Waals surface area (Å²) in [4.78, 5) is 13.6. The van der Waals surface area contributed by atoms with E-state index >= 15 is 0 Å². The maximum Gasteiger partial charge on any atom is 0.227 e. The number of rotatable bonds is 3. The summed E-state index contributed by atoms with van der Waals surface area (Å²) < 4.78 is 26.4. The minimum absolute atomic E-state index is 0. The lowest BCUT2D eigenvalue weighted by Gasteiger charge is -2.16. The van der Waals surface area contributed by atoms with E-state index in [-0.39, 0.29) is 30.3 Å². The van der Waals surface area contributed by atoms with Crippen molar-refractivity contribution in [3.05, 3.63) is 35.4 Å². The summed E-state index contributed by atoms with van der Waals surface area (Å²) in [6, 6.07) is 3.89. The minimum Gasteiger partial charge on any atom is -0.342 e. The Kier molecular flexibility index (Phi) is 5.69. The number of carbonyl (C=O) groups is 1. The van der Waals surface area contributed by atoms with Crippen molar-refractivity contribution in [2.45, 2.75) is 12.8 Å². The number of amides is 1. The first-order valence-corrected chi connectivity index (χ1v) is 6.02. The first-order valence-electron chi connectivity index (χ1n) is 6.02. The van der Waals surface area contributed by atoms with E-state index in [0.717, 1.165) is 12.5 Å². The number of hydrogen-bond acceptors (Lipinski definition) is 2. The molecular formula is C13H17ClF2N2O. The van der Waals surface area contributed by atoms with Crippen LogP contribution in [0.2, 0.25) is 0 Å². The normalized spacial score (nSPS) is 18.3. The van der Waals surface area contributed by atoms with Gasteiger partial charge in [0.05, 0.1) is 6.42 Å². The van der Waals surface area contributed by atoms with Crippen LogP contribution in [0.15, 0.2) is 18.2 Å². The zero-order valence-corrected chi connectivity index (χ0v) is 11.3. The molecule has 1 aliphatic heterocycles. The summed E-state index contributed by atoms with van der Waals surface area (Å²) in [6.45, 7) is 1.82. The fraction of sp³-hybridized carbons (Fsp3) is 0.462. The van der Waals surface area contributed by atoms with Gasteiger partial charge in [-0.3, -0.25) is 4.79 Å². The van der Waals surface area contributed by atoms with Gasteiger partial charge in [-0.2, -0.15) is 0 Å². The predicted molar refractivity (Wildman–Crippen MR) is 71.1 cm³/mol. The molecule has 1 aromatic carbocycles. The summed E-state index contributed by atoms with van der Waals surface area (Å²) in [6.07, 6.45) is 0.786. The topological polar surface area (TPSA) is 46.3 Å². The van der Waals surface area contributed by atoms with Crippen molar-refractivity contribution >= 4 is 18.3 Å². The molecule has 2 N–H and O–H groups in total. The summed E-state index contributed by atoms with van der Waals surface area (Å²) in [7, 11) is 0. The average Bonchev–Trinajstić information content (AvgIpc) is 2.83. The number of carbonyl (C=O) groups excluding carboxylic acids is 1. The molecule has 19 heavy (non-hydrogen) atoms. The van der Waals surface area contributed by atoms with Crippen molar-refractivity contribution in [2.75, 3.05) is 19.6 Å². The fourth-order valence-electron chi connectivity index (χ4n) is 2.21. The third-order valence-corrected chi connectivity index (χ3v) is 3.35. The van der Waals surface area contributed by atoms with E-state index in [0.29, 0.717) is 25.6 Å². The van der Waals surface area contributed by atoms with Crippen molar-refractivity contribution < 1.29 is 13.6 Å². The van der Waals surface area contributed by atoms with Crippen LogP contribution in [0.4, 0.5) is 8.78 Å². The minimum atomic E-state index is -0.930. The lowest BCUT2D eigenvalue weighted by molar-refractivity contribution is -0.129. The van der Waals surface area contributed by atoms with Crippen molar-refractivity contribution in [1.29, 1.82) is 0 Å². The number of hydrogen-bond donors (Lipinski definition) is 1. The molecule has 0 bridgehead atoms. The van der Waals surface area contributed by atoms with Gasteiger partial charge in [0.25, 0.3) is 0 Å². The molecule has 0 radical (unpaired) electrons. The van der Waals surface area contributed by atoms with Gasteiger partial charge in [-0.05, 0) is 24.9 Å². The molecule has 2 rings (SSSR count). The first kappa shape index (κ1) is 15.9. The lowest BCUT2D eigenvalue weighted by atomic mass is 10.1. The Morgan fingerprint density at radius 1 is 1.42 bits per heavy atom. The number of likely N-dealkylation sites (tertiary alicyclic amines) is 1. The monoisotopic (exact) mass is 290 g/mol. The fourth-order valence-corrected chi connectivity index (χ4v) is 2.21. The molecule has 0 saturated carbocycles. The van der Waals surface area contributed by atoms with E-state index in [1.54, 1.807) is 4.90 Å². The third kappa shape index (κ3) is 3.64. The van der Waals surface area contributed by atoms with Crippen LogP contribution in [-0.2, 0) is 11.2 Å². The molecule has 6 heteroatoms. The molecule has 1 aliphatic rings. The van der Waals surface area contributed by atoms with Crippen LogP contribution in [-0.4, -0.2) is 30.4 Å². The molecule has 1 amide bonds. The average molecular weight is 291 g/mol. The van der Waals surface area contributed by atoms with Crippen LogP contribution in [0.5, 0.6) is 0 Å². The molecule has 0 spiro atoms. The zero-order chi connectivity index (χ0) is 13.1. The largest absolute Gasteiger partial charge is 0.342 e. The number of benzene rings is 1. The van der Waals surface area contributed by atoms with Gasteiger partial charge in [0.15, 0.2) is 11.6 Å². The molecule has 1 atom stereocenters. The molecule has 0 aromatic heterocycles. The summed E-state index contributed by atoms with van der Waals surface area (Å²) in [5, 5.41) is 0. The van der Waals surface area contributed by atoms with E-state index in [1.165, 1.54) is 12.1 Å². The van der Waals surface area contributed by atoms with E-state index in [2.05, 4.69) is 0 Å². The van der Waals surface area contributed by atoms with Crippen LogP contribution < -0.4 is 5.73 Å². The Morgan fingerprint density at radius 3 is 2.79 bits per heavy atom. The Labute approximate surface area is 117 Å². The molecule has 3 nitrogen and oxygen atoms in total. The van der Waals surface area contributed by atoms with E-state index < -0.39 is 11.6 Å². The van der Waals surface area contributed by atoms with Gasteiger partial charge in [0.2, 0.25) is 5.91 Å². The number of nitrogens with two attached hydrogens (primary N) is 1. The molecule has 1 unspecified atom stereocenters. The zero-order valence-electron chi connectivity index (χ0n) is 10.4. The van der Waals surface area contributed by atoms with Gasteiger partial charge in [-0.25, -0.2) is 8.78 Å². The summed E-state index contributed by atoms with van der Waals surface area (Å²) >= 11 is 0. The van der Waals surface area contributed by atoms with Crippen LogP contribution in [0.1, 0.15) is 12.0 Å². The summed E-state index contributed by atoms with van der Waals surface area (Å²) in [5.41, 5.74) is 5.65. The molecule has 1 heterocycles. The van der Waals surface area contributed by atoms with Crippen molar-refractivity contribution in [1.82, 2.24) is 4.90 Å². The van der Waals surface area contributed by atoms with Crippen LogP contribution in [0, 0.1) is 17.6 Å². The summed E-state index contributed by atoms with van der Waals surface area (Å²) in [5.74, 6) is -1.69. The Balaban J connectivity index is 0.00000180. The number of halogens is 3. The Hall–Kier alpha value is -1.20. The van der Waals surface area contributed by atoms with Crippen LogP contribution in [0.3, 0.4) is 0 Å². The van der Waals surface area contributed by atoms with Crippen molar-refractivity contribution in [3.8, 4) is 0 Å². The Bertz CT molecular complexity index is 456. The predicted octanol–water partition coefficient (Wildman–Crippen LogP) is 1.74. The SMILES string of the molecule is Cl.NCC1CCN(C(=O)Cc2cccc(F)c2F)C1. The lowest BCUT2D eigenvalue weighted by Crippen LogP contribution is -2.31. The first-order chi connectivity index (χ1) is 8.61. The molecule has 1 fully saturated rings. The third-order valence-electron chi connectivity index (χ3n) is 3.35. The van der Waals surface area contributed by atoms with Gasteiger partial charge in [0, 0.05) is 18.7 Å². The second kappa shape index (κ2) is 6.82. The maximum atomic E-state index is 13.4. The molecule has 0 aliphatic carbocycles. The van der Waals surface area contributed by atoms with Gasteiger partial charge in [0.1, 0.15) is 0 Å². The van der Waals surface area contributed by atoms with Gasteiger partial charge in [-0.15, -0.1) is 12.4 Å². The van der Waals surface area contributed by atoms with Crippen LogP contribution >= 0.6 is 12.4 Å². The van der Waals surface area contributed by atoms with E-state index in [9.17, 15) is 13.6 Å². The highest BCUT2D eigenvalue weighted by molar-refractivity contribution is 5.85. The van der Waals surface area contributed by atoms with Gasteiger partial charge in [-0.1, -0.05) is 12.1 Å². The molecular weight excluding hydrogens is 274 g/mol. The quantitative estimate of drug-likeness (QED) is 0.922. The standard InChI is InChI=1S/C13H16F2N2O.ClH/c14-11-3-1-2-10(13(11)15)6-12(18)17-5-4-9(7-16)8-17;/h1-3,9H,4-8,16H2;1H. The Morgan fingerprint density at radius 2 is 2.16 bits per heavy atom. The maximum absolute atomic E-state index is 13.4. The second-order valence-corrected chi connectivity index (χ2v) is 4.62.